The van der Waals surface area contributed by atoms with Crippen LogP contribution in [0.3, 0.4) is 0 Å². The highest BCUT2D eigenvalue weighted by molar-refractivity contribution is 7.89. The molecule has 0 radical (unpaired) electrons. The van der Waals surface area contributed by atoms with Gasteiger partial charge in [0, 0.05) is 5.69 Å². The number of sulfonamides is 1. The van der Waals surface area contributed by atoms with Crippen LogP contribution in [0.5, 0.6) is 0 Å². The molecule has 0 fully saturated rings. The van der Waals surface area contributed by atoms with E-state index in [9.17, 15) is 13.2 Å². The second kappa shape index (κ2) is 5.09. The van der Waals surface area contributed by atoms with Crippen molar-refractivity contribution >= 4 is 44.8 Å². The van der Waals surface area contributed by atoms with Gasteiger partial charge in [-0.1, -0.05) is 23.2 Å². The van der Waals surface area contributed by atoms with Crippen molar-refractivity contribution < 1.29 is 13.2 Å². The highest BCUT2D eigenvalue weighted by Gasteiger charge is 2.22. The molecule has 0 heterocycles. The van der Waals surface area contributed by atoms with Gasteiger partial charge in [-0.3, -0.25) is 4.79 Å². The highest BCUT2D eigenvalue weighted by atomic mass is 35.5. The molecule has 0 aliphatic heterocycles. The molecule has 0 aliphatic carbocycles. The van der Waals surface area contributed by atoms with Gasteiger partial charge >= 0.3 is 0 Å². The Bertz CT molecular complexity index is 536. The fraction of sp³-hybridized carbons (Fsp3) is 0.125. The van der Waals surface area contributed by atoms with Crippen LogP contribution < -0.4 is 16.2 Å². The number of rotatable bonds is 4. The molecular weight excluding hydrogens is 289 g/mol. The van der Waals surface area contributed by atoms with E-state index in [1.54, 1.807) is 0 Å². The summed E-state index contributed by atoms with van der Waals surface area (Å²) in [5.41, 5.74) is 10.5. The molecule has 94 valence electrons. The number of primary amides is 1. The maximum Gasteiger partial charge on any atom is 0.244 e. The molecule has 1 aromatic rings. The number of carbonyl (C=O) groups excluding carboxylic acids is 1. The first-order valence-electron chi connectivity index (χ1n) is 4.26. The molecule has 0 saturated heterocycles. The molecule has 0 aromatic heterocycles. The number of benzene rings is 1. The summed E-state index contributed by atoms with van der Waals surface area (Å²) in [6.07, 6.45) is 0. The lowest BCUT2D eigenvalue weighted by Gasteiger charge is -2.09. The first kappa shape index (κ1) is 14.0. The largest absolute Gasteiger partial charge is 0.399 e. The van der Waals surface area contributed by atoms with Gasteiger partial charge in [-0.25, -0.2) is 13.1 Å². The van der Waals surface area contributed by atoms with Crippen LogP contribution in [0, 0.1) is 0 Å². The van der Waals surface area contributed by atoms with Crippen LogP contribution >= 0.6 is 23.2 Å². The third-order valence-corrected chi connectivity index (χ3v) is 4.05. The second-order valence-corrected chi connectivity index (χ2v) is 5.62. The van der Waals surface area contributed by atoms with E-state index in [-0.39, 0.29) is 20.6 Å². The number of carbonyl (C=O) groups is 1. The Balaban J connectivity index is 3.20. The Morgan fingerprint density at radius 1 is 1.29 bits per heavy atom. The third-order valence-electron chi connectivity index (χ3n) is 1.73. The lowest BCUT2D eigenvalue weighted by molar-refractivity contribution is -0.116. The van der Waals surface area contributed by atoms with Gasteiger partial charge in [0.25, 0.3) is 0 Å². The lowest BCUT2D eigenvalue weighted by Crippen LogP contribution is -2.33. The number of hydrogen-bond donors (Lipinski definition) is 3. The number of nitrogens with two attached hydrogens (primary N) is 2. The van der Waals surface area contributed by atoms with Crippen molar-refractivity contribution in [1.82, 2.24) is 4.72 Å². The van der Waals surface area contributed by atoms with Crippen LogP contribution in [-0.2, 0) is 14.8 Å². The van der Waals surface area contributed by atoms with E-state index in [4.69, 9.17) is 34.7 Å². The monoisotopic (exact) mass is 297 g/mol. The molecule has 1 rings (SSSR count). The molecule has 6 nitrogen and oxygen atoms in total. The summed E-state index contributed by atoms with van der Waals surface area (Å²) >= 11 is 11.5. The number of anilines is 1. The highest BCUT2D eigenvalue weighted by Crippen LogP contribution is 2.31. The van der Waals surface area contributed by atoms with E-state index in [2.05, 4.69) is 0 Å². The quantitative estimate of drug-likeness (QED) is 0.695. The van der Waals surface area contributed by atoms with Crippen LogP contribution in [0.2, 0.25) is 10.0 Å². The lowest BCUT2D eigenvalue weighted by atomic mass is 10.3. The zero-order chi connectivity index (χ0) is 13.2. The van der Waals surface area contributed by atoms with Crippen molar-refractivity contribution in [3.8, 4) is 0 Å². The molecule has 9 heteroatoms. The molecule has 1 aromatic carbocycles. The SMILES string of the molecule is NC(=O)CNS(=O)(=O)c1c(Cl)cc(N)cc1Cl. The maximum atomic E-state index is 11.8. The predicted molar refractivity (Wildman–Crippen MR) is 65.3 cm³/mol. The molecule has 0 saturated carbocycles. The second-order valence-electron chi connectivity index (χ2n) is 3.10. The molecule has 0 unspecified atom stereocenters. The minimum absolute atomic E-state index is 0.132. The van der Waals surface area contributed by atoms with Crippen LogP contribution in [0.25, 0.3) is 0 Å². The van der Waals surface area contributed by atoms with E-state index >= 15 is 0 Å². The molecule has 0 bridgehead atoms. The van der Waals surface area contributed by atoms with Crippen LogP contribution in [0.4, 0.5) is 5.69 Å². The summed E-state index contributed by atoms with van der Waals surface area (Å²) in [6, 6.07) is 2.48. The number of nitrogen functional groups attached to an aromatic ring is 1. The van der Waals surface area contributed by atoms with Gasteiger partial charge in [-0.05, 0) is 12.1 Å². The normalized spacial score (nSPS) is 11.4. The molecule has 0 aliphatic rings. The van der Waals surface area contributed by atoms with E-state index in [1.807, 2.05) is 4.72 Å². The van der Waals surface area contributed by atoms with Crippen molar-refractivity contribution in [3.63, 3.8) is 0 Å². The summed E-state index contributed by atoms with van der Waals surface area (Å²) in [5.74, 6) is -0.823. The van der Waals surface area contributed by atoms with Gasteiger partial charge in [-0.2, -0.15) is 0 Å². The molecule has 0 atom stereocenters. The summed E-state index contributed by atoms with van der Waals surface area (Å²) in [4.78, 5) is 10.2. The van der Waals surface area contributed by atoms with Crippen molar-refractivity contribution in [3.05, 3.63) is 22.2 Å². The number of nitrogens with one attached hydrogen (secondary N) is 1. The minimum atomic E-state index is -4.00. The van der Waals surface area contributed by atoms with Crippen LogP contribution in [0.1, 0.15) is 0 Å². The van der Waals surface area contributed by atoms with Gasteiger partial charge in [-0.15, -0.1) is 0 Å². The summed E-state index contributed by atoms with van der Waals surface area (Å²) in [7, 11) is -4.00. The van der Waals surface area contributed by atoms with Gasteiger partial charge < -0.3 is 11.5 Å². The van der Waals surface area contributed by atoms with Gasteiger partial charge in [0.15, 0.2) is 0 Å². The Labute approximate surface area is 108 Å². The van der Waals surface area contributed by atoms with Crippen molar-refractivity contribution in [2.45, 2.75) is 4.90 Å². The predicted octanol–water partition coefficient (Wildman–Crippen LogP) is 0.339. The molecule has 5 N–H and O–H groups in total. The number of amides is 1. The van der Waals surface area contributed by atoms with Gasteiger partial charge in [0.1, 0.15) is 4.90 Å². The Morgan fingerprint density at radius 3 is 2.18 bits per heavy atom. The third kappa shape index (κ3) is 3.47. The topological polar surface area (TPSA) is 115 Å². The van der Waals surface area contributed by atoms with Gasteiger partial charge in [0.2, 0.25) is 15.9 Å². The Hall–Kier alpha value is -1.02. The van der Waals surface area contributed by atoms with Crippen molar-refractivity contribution in [1.29, 1.82) is 0 Å². The number of hydrogen-bond acceptors (Lipinski definition) is 4. The maximum absolute atomic E-state index is 11.8. The average Bonchev–Trinajstić information content (AvgIpc) is 2.12. The van der Waals surface area contributed by atoms with E-state index < -0.39 is 22.5 Å². The Kier molecular flexibility index (Phi) is 4.21. The first-order chi connectivity index (χ1) is 7.74. The molecular formula is C8H9Cl2N3O3S. The van der Waals surface area contributed by atoms with Crippen molar-refractivity contribution in [2.24, 2.45) is 5.73 Å². The average molecular weight is 298 g/mol. The number of halogens is 2. The van der Waals surface area contributed by atoms with E-state index in [1.165, 1.54) is 12.1 Å². The fourth-order valence-corrected chi connectivity index (χ4v) is 3.30. The van der Waals surface area contributed by atoms with E-state index in [0.29, 0.717) is 0 Å². The van der Waals surface area contributed by atoms with Crippen LogP contribution in [0.15, 0.2) is 17.0 Å². The summed E-state index contributed by atoms with van der Waals surface area (Å²) in [5, 5.41) is -0.265. The molecule has 17 heavy (non-hydrogen) atoms. The standard InChI is InChI=1S/C8H9Cl2N3O3S/c9-5-1-4(11)2-6(10)8(5)17(15,16)13-3-7(12)14/h1-2,13H,3,11H2,(H2,12,14). The van der Waals surface area contributed by atoms with E-state index in [0.717, 1.165) is 0 Å². The zero-order valence-corrected chi connectivity index (χ0v) is 10.7. The van der Waals surface area contributed by atoms with Crippen molar-refractivity contribution in [2.75, 3.05) is 12.3 Å². The Morgan fingerprint density at radius 2 is 1.76 bits per heavy atom. The smallest absolute Gasteiger partial charge is 0.244 e. The zero-order valence-electron chi connectivity index (χ0n) is 8.41. The van der Waals surface area contributed by atoms with Crippen LogP contribution in [-0.4, -0.2) is 20.9 Å². The fourth-order valence-electron chi connectivity index (χ4n) is 1.07. The summed E-state index contributed by atoms with van der Waals surface area (Å²) < 4.78 is 25.5. The molecule has 1 amide bonds. The van der Waals surface area contributed by atoms with Gasteiger partial charge in [0.05, 0.1) is 16.6 Å². The summed E-state index contributed by atoms with van der Waals surface area (Å²) in [6.45, 7) is -0.542. The minimum Gasteiger partial charge on any atom is -0.399 e. The molecule has 0 spiro atoms. The first-order valence-corrected chi connectivity index (χ1v) is 6.50.